The molecule has 23 N–H and O–H groups in total. The molecule has 0 aliphatic carbocycles. The Hall–Kier alpha value is -5.76. The molecule has 314 valence electrons. The van der Waals surface area contributed by atoms with E-state index >= 15 is 0 Å². The molecule has 2 aromatic rings. The molecular weight excluding hydrogens is 738 g/mol. The Kier molecular flexibility index (Phi) is 33.4. The number of carbonyl (C=O) groups excluding carboxylic acids is 1. The number of nitrogens with one attached hydrogen (secondary N) is 1. The highest BCUT2D eigenvalue weighted by molar-refractivity contribution is 5.77. The van der Waals surface area contributed by atoms with Crippen LogP contribution in [0.4, 0.5) is 0 Å². The van der Waals surface area contributed by atoms with E-state index in [0.717, 1.165) is 11.3 Å². The van der Waals surface area contributed by atoms with Crippen molar-refractivity contribution in [2.24, 2.45) is 46.1 Å². The molecule has 0 saturated carbocycles. The minimum atomic E-state index is -1.18. The van der Waals surface area contributed by atoms with Gasteiger partial charge in [-0.2, -0.15) is 0 Å². The third kappa shape index (κ3) is 37.8. The number of aliphatic hydroxyl groups is 1. The maximum atomic E-state index is 10.4. The minimum absolute atomic E-state index is 0.0213. The predicted octanol–water partition coefficient (Wildman–Crippen LogP) is -3.76. The zero-order valence-electron chi connectivity index (χ0n) is 30.3. The molecule has 1 aromatic carbocycles. The van der Waals surface area contributed by atoms with Crippen LogP contribution in [0.5, 0.6) is 5.75 Å². The van der Waals surface area contributed by atoms with Crippen LogP contribution in [0.15, 0.2) is 36.8 Å². The molecule has 0 aliphatic heterocycles. The number of phenolic OH excluding ortho intramolecular Hbond substituents is 1. The monoisotopic (exact) mass is 793 g/mol. The van der Waals surface area contributed by atoms with E-state index in [1.807, 2.05) is 13.8 Å². The Bertz CT molecular complexity index is 1400. The van der Waals surface area contributed by atoms with Crippen molar-refractivity contribution in [3.8, 4) is 5.75 Å². The largest absolute Gasteiger partial charge is 0.508 e. The normalized spacial score (nSPS) is 12.4. The van der Waals surface area contributed by atoms with Crippen molar-refractivity contribution in [3.05, 3.63) is 48.0 Å². The molecule has 0 aliphatic rings. The number of hydrogen-bond donors (Lipinski definition) is 16. The molecular formula is C31H55N9O15. The van der Waals surface area contributed by atoms with Crippen molar-refractivity contribution in [2.75, 3.05) is 13.2 Å². The lowest BCUT2D eigenvalue weighted by atomic mass is 10.1. The molecule has 5 unspecified atom stereocenters. The number of aromatic amines is 1. The summed E-state index contributed by atoms with van der Waals surface area (Å²) in [5.74, 6) is -6.20. The average molecular weight is 794 g/mol. The predicted molar refractivity (Wildman–Crippen MR) is 194 cm³/mol. The fourth-order valence-corrected chi connectivity index (χ4v) is 2.80. The van der Waals surface area contributed by atoms with Gasteiger partial charge < -0.3 is 86.0 Å². The standard InChI is InChI=1S/C9H11NO3.C6H9N3O2.C6H13NO2.C5H10N2O3.C3H7NO3.C2H5NO2/c10-8(9(12)13)5-6-1-3-7(11)4-2-6;7-5(6(10)11)1-4-2-8-3-9-4;1-4(2)3-5(7)6(8)9;6-3(5(9)10)1-2-4(7)8;4-2(1-5)3(6)7;3-1-2(4)5/h1-4,8,11H,5,10H2,(H,12,13);2-3,5H,1,7H2,(H,8,9)(H,10,11);4-5H,3,7H2,1-2H3,(H,8,9);3H,1-2,6H2,(H2,7,8)(H,9,10);2,5H,1,4H2,(H,6,7);1,3H2,(H,4,5). The number of aliphatic hydroxyl groups excluding tert-OH is 1. The molecule has 0 fully saturated rings. The molecule has 5 atom stereocenters. The number of aliphatic carboxylic acids is 6. The van der Waals surface area contributed by atoms with E-state index in [9.17, 15) is 33.6 Å². The summed E-state index contributed by atoms with van der Waals surface area (Å²) >= 11 is 0. The summed E-state index contributed by atoms with van der Waals surface area (Å²) in [6, 6.07) is 1.78. The molecule has 1 aromatic heterocycles. The topological polar surface area (TPSA) is 492 Å². The van der Waals surface area contributed by atoms with Crippen molar-refractivity contribution < 1.29 is 74.4 Å². The Labute approximate surface area is 315 Å². The number of carboxylic acids is 6. The summed E-state index contributed by atoms with van der Waals surface area (Å²) in [7, 11) is 0. The van der Waals surface area contributed by atoms with E-state index in [1.165, 1.54) is 18.5 Å². The summed E-state index contributed by atoms with van der Waals surface area (Å²) < 4.78 is 0. The van der Waals surface area contributed by atoms with Gasteiger partial charge in [-0.15, -0.1) is 0 Å². The molecule has 0 spiro atoms. The SMILES string of the molecule is CC(C)CC(N)C(=O)O.NC(=O)CCC(N)C(=O)O.NC(CO)C(=O)O.NC(Cc1ccc(O)cc1)C(=O)O.NC(Cc1cnc[nH]1)C(=O)O.NCC(=O)O. The number of nitrogens with zero attached hydrogens (tertiary/aromatic N) is 1. The quantitative estimate of drug-likeness (QED) is 0.0775. The summed E-state index contributed by atoms with van der Waals surface area (Å²) in [5, 5.41) is 65.9. The number of amides is 1. The van der Waals surface area contributed by atoms with E-state index in [-0.39, 0.29) is 38.0 Å². The lowest BCUT2D eigenvalue weighted by Gasteiger charge is -2.07. The smallest absolute Gasteiger partial charge is 0.322 e. The van der Waals surface area contributed by atoms with E-state index < -0.39 is 78.5 Å². The lowest BCUT2D eigenvalue weighted by Crippen LogP contribution is -2.33. The van der Waals surface area contributed by atoms with Gasteiger partial charge in [0.15, 0.2) is 0 Å². The van der Waals surface area contributed by atoms with Gasteiger partial charge >= 0.3 is 35.8 Å². The minimum Gasteiger partial charge on any atom is -0.508 e. The zero-order valence-corrected chi connectivity index (χ0v) is 30.3. The number of hydrogen-bond acceptors (Lipinski definition) is 16. The van der Waals surface area contributed by atoms with Gasteiger partial charge in [-0.25, -0.2) is 4.98 Å². The number of aromatic nitrogens is 2. The number of carboxylic acid groups (broad SMARTS) is 6. The Morgan fingerprint density at radius 2 is 1.11 bits per heavy atom. The highest BCUT2D eigenvalue weighted by Crippen LogP contribution is 2.10. The Morgan fingerprint density at radius 3 is 1.38 bits per heavy atom. The van der Waals surface area contributed by atoms with Gasteiger partial charge in [0.25, 0.3) is 0 Å². The fourth-order valence-electron chi connectivity index (χ4n) is 2.80. The van der Waals surface area contributed by atoms with Crippen LogP contribution in [0, 0.1) is 5.92 Å². The zero-order chi connectivity index (χ0) is 43.8. The molecule has 0 bridgehead atoms. The molecule has 1 heterocycles. The molecule has 0 saturated heterocycles. The summed E-state index contributed by atoms with van der Waals surface area (Å²) in [6.45, 7) is 3.11. The van der Waals surface area contributed by atoms with E-state index in [1.54, 1.807) is 18.3 Å². The summed E-state index contributed by atoms with van der Waals surface area (Å²) in [5.41, 5.74) is 36.5. The maximum absolute atomic E-state index is 10.4. The molecule has 55 heavy (non-hydrogen) atoms. The number of nitrogens with two attached hydrogens (primary N) is 7. The average Bonchev–Trinajstić information content (AvgIpc) is 3.61. The third-order valence-corrected chi connectivity index (χ3v) is 5.77. The number of primary amides is 1. The van der Waals surface area contributed by atoms with Crippen LogP contribution in [0.1, 0.15) is 44.4 Å². The molecule has 2 rings (SSSR count). The number of benzene rings is 1. The van der Waals surface area contributed by atoms with Gasteiger partial charge in [0.2, 0.25) is 5.91 Å². The van der Waals surface area contributed by atoms with Crippen molar-refractivity contribution in [3.63, 3.8) is 0 Å². The van der Waals surface area contributed by atoms with Crippen LogP contribution in [0.2, 0.25) is 0 Å². The Morgan fingerprint density at radius 1 is 0.691 bits per heavy atom. The number of carbonyl (C=O) groups is 7. The van der Waals surface area contributed by atoms with Crippen LogP contribution < -0.4 is 40.1 Å². The number of rotatable bonds is 16. The van der Waals surface area contributed by atoms with Crippen molar-refractivity contribution in [1.29, 1.82) is 0 Å². The van der Waals surface area contributed by atoms with Crippen LogP contribution in [-0.4, -0.2) is 136 Å². The first-order valence-corrected chi connectivity index (χ1v) is 15.8. The third-order valence-electron chi connectivity index (χ3n) is 5.77. The number of H-pyrrole nitrogens is 1. The highest BCUT2D eigenvalue weighted by Gasteiger charge is 2.14. The molecule has 1 amide bonds. The molecule has 24 heteroatoms. The van der Waals surface area contributed by atoms with Gasteiger partial charge in [0.05, 0.1) is 19.5 Å². The molecule has 24 nitrogen and oxygen atoms in total. The first kappa shape index (κ1) is 56.0. The van der Waals surface area contributed by atoms with Crippen molar-refractivity contribution in [1.82, 2.24) is 9.97 Å². The van der Waals surface area contributed by atoms with E-state index in [0.29, 0.717) is 12.3 Å². The molecule has 0 radical (unpaired) electrons. The first-order chi connectivity index (χ1) is 25.3. The van der Waals surface area contributed by atoms with Gasteiger partial charge in [-0.1, -0.05) is 26.0 Å². The number of aromatic hydroxyl groups is 1. The number of phenols is 1. The second-order valence-electron chi connectivity index (χ2n) is 11.3. The van der Waals surface area contributed by atoms with Crippen LogP contribution in [0.3, 0.4) is 0 Å². The Balaban J connectivity index is -0.000000290. The fraction of sp³-hybridized carbons (Fsp3) is 0.484. The lowest BCUT2D eigenvalue weighted by molar-refractivity contribution is -0.140. The van der Waals surface area contributed by atoms with Crippen molar-refractivity contribution >= 4 is 41.7 Å². The number of imidazole rings is 1. The van der Waals surface area contributed by atoms with E-state index in [4.69, 9.17) is 75.3 Å². The second-order valence-corrected chi connectivity index (χ2v) is 11.3. The summed E-state index contributed by atoms with van der Waals surface area (Å²) in [4.78, 5) is 76.3. The highest BCUT2D eigenvalue weighted by atomic mass is 16.4. The van der Waals surface area contributed by atoms with Crippen LogP contribution in [-0.2, 0) is 46.4 Å². The first-order valence-electron chi connectivity index (χ1n) is 15.8. The summed E-state index contributed by atoms with van der Waals surface area (Å²) in [6.07, 6.45) is 4.28. The van der Waals surface area contributed by atoms with Gasteiger partial charge in [-0.05, 0) is 42.9 Å². The maximum Gasteiger partial charge on any atom is 0.322 e. The van der Waals surface area contributed by atoms with Crippen LogP contribution >= 0.6 is 0 Å². The van der Waals surface area contributed by atoms with E-state index in [2.05, 4.69) is 15.7 Å². The van der Waals surface area contributed by atoms with Crippen LogP contribution in [0.25, 0.3) is 0 Å². The second kappa shape index (κ2) is 32.9. The van der Waals surface area contributed by atoms with Gasteiger partial charge in [0.1, 0.15) is 36.0 Å². The van der Waals surface area contributed by atoms with Gasteiger partial charge in [0, 0.05) is 24.7 Å². The van der Waals surface area contributed by atoms with Crippen molar-refractivity contribution in [2.45, 2.75) is 76.2 Å². The van der Waals surface area contributed by atoms with Gasteiger partial charge in [-0.3, -0.25) is 33.6 Å².